The highest BCUT2D eigenvalue weighted by molar-refractivity contribution is 14.1. The van der Waals surface area contributed by atoms with Crippen LogP contribution in [0.15, 0.2) is 0 Å². The lowest BCUT2D eigenvalue weighted by Crippen LogP contribution is -2.05. The average Bonchev–Trinajstić information content (AvgIpc) is 2.48. The third-order valence-electron chi connectivity index (χ3n) is 1.41. The maximum absolute atomic E-state index is 11.3. The number of thiazole rings is 1. The summed E-state index contributed by atoms with van der Waals surface area (Å²) in [6.45, 7) is 2.10. The van der Waals surface area contributed by atoms with Gasteiger partial charge in [-0.3, -0.25) is 0 Å². The molecule has 0 saturated carbocycles. The molecule has 0 radical (unpaired) electrons. The Kier molecular flexibility index (Phi) is 5.11. The Labute approximate surface area is 105 Å². The second-order valence-electron chi connectivity index (χ2n) is 2.39. The van der Waals surface area contributed by atoms with Crippen LogP contribution in [0, 0.1) is 0 Å². The molecule has 0 aliphatic rings. The van der Waals surface area contributed by atoms with Gasteiger partial charge in [0.2, 0.25) is 0 Å². The Balaban J connectivity index is 2.81. The molecule has 1 aromatic rings. The molecule has 6 heteroatoms. The van der Waals surface area contributed by atoms with E-state index in [0.29, 0.717) is 10.9 Å². The summed E-state index contributed by atoms with van der Waals surface area (Å²) in [5.74, 6) is -0.437. The minimum absolute atomic E-state index is 0.248. The van der Waals surface area contributed by atoms with E-state index in [1.165, 1.54) is 11.3 Å². The SMILES string of the molecule is CCOC(=O)c1nc(CCI)sc1Cl. The number of hydrogen-bond donors (Lipinski definition) is 0. The van der Waals surface area contributed by atoms with E-state index < -0.39 is 5.97 Å². The summed E-state index contributed by atoms with van der Waals surface area (Å²) in [6, 6.07) is 0. The van der Waals surface area contributed by atoms with Crippen molar-refractivity contribution in [2.45, 2.75) is 13.3 Å². The molecule has 78 valence electrons. The summed E-state index contributed by atoms with van der Waals surface area (Å²) in [5, 5.41) is 0.882. The van der Waals surface area contributed by atoms with Crippen LogP contribution in [0.5, 0.6) is 0 Å². The Morgan fingerprint density at radius 1 is 1.71 bits per heavy atom. The summed E-state index contributed by atoms with van der Waals surface area (Å²) in [6.07, 6.45) is 0.838. The first-order valence-electron chi connectivity index (χ1n) is 4.07. The van der Waals surface area contributed by atoms with Crippen molar-refractivity contribution in [1.29, 1.82) is 0 Å². The van der Waals surface area contributed by atoms with Crippen LogP contribution in [0.4, 0.5) is 0 Å². The van der Waals surface area contributed by atoms with Crippen molar-refractivity contribution in [3.05, 3.63) is 15.0 Å². The van der Waals surface area contributed by atoms with Crippen LogP contribution in [0.2, 0.25) is 4.34 Å². The minimum Gasteiger partial charge on any atom is -0.461 e. The number of aromatic nitrogens is 1. The molecule has 0 fully saturated rings. The van der Waals surface area contributed by atoms with Crippen molar-refractivity contribution in [3.8, 4) is 0 Å². The maximum atomic E-state index is 11.3. The molecule has 0 amide bonds. The summed E-state index contributed by atoms with van der Waals surface area (Å²) in [7, 11) is 0. The Hall–Kier alpha value is 0.120. The van der Waals surface area contributed by atoms with Crippen molar-refractivity contribution >= 4 is 51.5 Å². The highest BCUT2D eigenvalue weighted by Gasteiger charge is 2.17. The third kappa shape index (κ3) is 3.06. The summed E-state index contributed by atoms with van der Waals surface area (Å²) in [5.41, 5.74) is 0.248. The summed E-state index contributed by atoms with van der Waals surface area (Å²) < 4.78 is 6.20. The molecule has 1 heterocycles. The van der Waals surface area contributed by atoms with Crippen molar-refractivity contribution in [3.63, 3.8) is 0 Å². The lowest BCUT2D eigenvalue weighted by atomic mass is 10.5. The van der Waals surface area contributed by atoms with Gasteiger partial charge in [-0.05, 0) is 6.92 Å². The molecule has 0 spiro atoms. The van der Waals surface area contributed by atoms with Crippen molar-refractivity contribution in [2.75, 3.05) is 11.0 Å². The van der Waals surface area contributed by atoms with Gasteiger partial charge in [0.1, 0.15) is 4.34 Å². The molecule has 0 atom stereocenters. The normalized spacial score (nSPS) is 10.2. The first-order valence-corrected chi connectivity index (χ1v) is 6.79. The minimum atomic E-state index is -0.437. The summed E-state index contributed by atoms with van der Waals surface area (Å²) in [4.78, 5) is 15.4. The largest absolute Gasteiger partial charge is 0.461 e. The number of ether oxygens (including phenoxy) is 1. The number of esters is 1. The van der Waals surface area contributed by atoms with Gasteiger partial charge in [-0.25, -0.2) is 9.78 Å². The van der Waals surface area contributed by atoms with E-state index in [1.54, 1.807) is 6.92 Å². The predicted octanol–water partition coefficient (Wildman–Crippen LogP) is 2.95. The van der Waals surface area contributed by atoms with Crippen molar-refractivity contribution in [1.82, 2.24) is 4.98 Å². The van der Waals surface area contributed by atoms with E-state index in [4.69, 9.17) is 16.3 Å². The first kappa shape index (κ1) is 12.2. The number of aryl methyl sites for hydroxylation is 1. The van der Waals surface area contributed by atoms with Gasteiger partial charge in [0, 0.05) is 10.8 Å². The van der Waals surface area contributed by atoms with Gasteiger partial charge in [0.05, 0.1) is 11.6 Å². The van der Waals surface area contributed by atoms with Gasteiger partial charge < -0.3 is 4.74 Å². The Morgan fingerprint density at radius 2 is 2.43 bits per heavy atom. The molecular formula is C8H9ClINO2S. The average molecular weight is 346 g/mol. The molecule has 0 aromatic carbocycles. The van der Waals surface area contributed by atoms with Crippen LogP contribution >= 0.6 is 45.5 Å². The van der Waals surface area contributed by atoms with E-state index in [2.05, 4.69) is 27.6 Å². The third-order valence-corrected chi connectivity index (χ3v) is 3.26. The number of halogens is 2. The van der Waals surface area contributed by atoms with Gasteiger partial charge in [-0.1, -0.05) is 34.2 Å². The zero-order valence-electron chi connectivity index (χ0n) is 7.55. The van der Waals surface area contributed by atoms with Gasteiger partial charge >= 0.3 is 5.97 Å². The molecule has 3 nitrogen and oxygen atoms in total. The van der Waals surface area contributed by atoms with Crippen LogP contribution in [-0.2, 0) is 11.2 Å². The van der Waals surface area contributed by atoms with Crippen LogP contribution in [0.1, 0.15) is 22.4 Å². The number of carbonyl (C=O) groups is 1. The van der Waals surface area contributed by atoms with E-state index in [1.807, 2.05) is 0 Å². The number of hydrogen-bond acceptors (Lipinski definition) is 4. The number of nitrogens with zero attached hydrogens (tertiary/aromatic N) is 1. The van der Waals surface area contributed by atoms with Gasteiger partial charge in [-0.2, -0.15) is 0 Å². The second kappa shape index (κ2) is 5.87. The summed E-state index contributed by atoms with van der Waals surface area (Å²) >= 11 is 9.46. The monoisotopic (exact) mass is 345 g/mol. The molecule has 0 N–H and O–H groups in total. The van der Waals surface area contributed by atoms with Crippen LogP contribution < -0.4 is 0 Å². The quantitative estimate of drug-likeness (QED) is 0.478. The standard InChI is InChI=1S/C8H9ClINO2S/c1-2-13-8(12)6-7(9)14-5(11-6)3-4-10/h2-4H2,1H3. The van der Waals surface area contributed by atoms with Crippen molar-refractivity contribution < 1.29 is 9.53 Å². The second-order valence-corrected chi connectivity index (χ2v) is 5.15. The van der Waals surface area contributed by atoms with Crippen LogP contribution in [-0.4, -0.2) is 22.0 Å². The van der Waals surface area contributed by atoms with Gasteiger partial charge in [-0.15, -0.1) is 11.3 Å². The zero-order chi connectivity index (χ0) is 10.6. The molecule has 0 aliphatic heterocycles. The molecule has 14 heavy (non-hydrogen) atoms. The molecule has 0 bridgehead atoms. The number of alkyl halides is 1. The number of rotatable bonds is 4. The highest BCUT2D eigenvalue weighted by Crippen LogP contribution is 2.25. The molecule has 1 aromatic heterocycles. The fourth-order valence-electron chi connectivity index (χ4n) is 0.856. The lowest BCUT2D eigenvalue weighted by Gasteiger charge is -1.96. The highest BCUT2D eigenvalue weighted by atomic mass is 127. The zero-order valence-corrected chi connectivity index (χ0v) is 11.3. The Morgan fingerprint density at radius 3 is 3.00 bits per heavy atom. The smallest absolute Gasteiger partial charge is 0.359 e. The van der Waals surface area contributed by atoms with E-state index in [9.17, 15) is 4.79 Å². The molecule has 0 unspecified atom stereocenters. The van der Waals surface area contributed by atoms with Gasteiger partial charge in [0.25, 0.3) is 0 Å². The topological polar surface area (TPSA) is 39.2 Å². The number of carbonyl (C=O) groups excluding carboxylic acids is 1. The molecular weight excluding hydrogens is 337 g/mol. The van der Waals surface area contributed by atoms with E-state index in [0.717, 1.165) is 15.9 Å². The fraction of sp³-hybridized carbons (Fsp3) is 0.500. The Bertz CT molecular complexity index is 329. The van der Waals surface area contributed by atoms with E-state index in [-0.39, 0.29) is 5.69 Å². The van der Waals surface area contributed by atoms with E-state index >= 15 is 0 Å². The fourth-order valence-corrected chi connectivity index (χ4v) is 2.89. The molecule has 0 aliphatic carbocycles. The first-order chi connectivity index (χ1) is 6.69. The molecule has 0 saturated heterocycles. The lowest BCUT2D eigenvalue weighted by molar-refractivity contribution is 0.0520. The predicted molar refractivity (Wildman–Crippen MR) is 65.7 cm³/mol. The van der Waals surface area contributed by atoms with Gasteiger partial charge in [0.15, 0.2) is 5.69 Å². The maximum Gasteiger partial charge on any atom is 0.359 e. The van der Waals surface area contributed by atoms with Crippen LogP contribution in [0.3, 0.4) is 0 Å². The van der Waals surface area contributed by atoms with Crippen LogP contribution in [0.25, 0.3) is 0 Å². The molecule has 1 rings (SSSR count). The van der Waals surface area contributed by atoms with Crippen molar-refractivity contribution in [2.24, 2.45) is 0 Å².